The lowest BCUT2D eigenvalue weighted by molar-refractivity contribution is -0.124. The van der Waals surface area contributed by atoms with Gasteiger partial charge in [0.25, 0.3) is 5.91 Å². The largest absolute Gasteiger partial charge is 0.493 e. The predicted molar refractivity (Wildman–Crippen MR) is 85.6 cm³/mol. The number of hydrogen-bond acceptors (Lipinski definition) is 3. The quantitative estimate of drug-likeness (QED) is 0.838. The smallest absolute Gasteiger partial charge is 0.258 e. The number of ether oxygens (including phenoxy) is 2. The molecule has 0 fully saturated rings. The molecule has 116 valence electrons. The fourth-order valence-corrected chi connectivity index (χ4v) is 1.71. The highest BCUT2D eigenvalue weighted by molar-refractivity contribution is 5.78. The highest BCUT2D eigenvalue weighted by Gasteiger charge is 2.12. The van der Waals surface area contributed by atoms with Crippen molar-refractivity contribution in [2.45, 2.75) is 33.7 Å². The summed E-state index contributed by atoms with van der Waals surface area (Å²) in [6.07, 6.45) is 3.93. The minimum Gasteiger partial charge on any atom is -0.493 e. The Morgan fingerprint density at radius 3 is 2.57 bits per heavy atom. The fourth-order valence-electron chi connectivity index (χ4n) is 1.71. The molecule has 0 aliphatic rings. The lowest BCUT2D eigenvalue weighted by Gasteiger charge is -2.18. The van der Waals surface area contributed by atoms with E-state index in [0.717, 1.165) is 5.56 Å². The van der Waals surface area contributed by atoms with Gasteiger partial charge in [-0.25, -0.2) is 0 Å². The number of allylic oxidation sites excluding steroid dienone is 1. The number of rotatable bonds is 7. The number of hydrogen-bond donors (Lipinski definition) is 1. The van der Waals surface area contributed by atoms with Crippen LogP contribution in [0.5, 0.6) is 11.5 Å². The average molecular weight is 291 g/mol. The Morgan fingerprint density at radius 2 is 2.00 bits per heavy atom. The molecule has 1 atom stereocenters. The maximum Gasteiger partial charge on any atom is 0.258 e. The minimum absolute atomic E-state index is 0.0175. The number of carbonyl (C=O) groups excluding carboxylic acids is 1. The fraction of sp³-hybridized carbons (Fsp3) is 0.471. The van der Waals surface area contributed by atoms with Crippen LogP contribution in [0, 0.1) is 5.92 Å². The Morgan fingerprint density at radius 1 is 1.29 bits per heavy atom. The van der Waals surface area contributed by atoms with Crippen LogP contribution in [0.2, 0.25) is 0 Å². The van der Waals surface area contributed by atoms with E-state index in [1.165, 1.54) is 0 Å². The van der Waals surface area contributed by atoms with Gasteiger partial charge >= 0.3 is 0 Å². The molecule has 0 aromatic heterocycles. The van der Waals surface area contributed by atoms with Crippen molar-refractivity contribution in [1.29, 1.82) is 0 Å². The zero-order chi connectivity index (χ0) is 15.8. The summed E-state index contributed by atoms with van der Waals surface area (Å²) in [5.74, 6) is 1.45. The summed E-state index contributed by atoms with van der Waals surface area (Å²) < 4.78 is 10.8. The number of benzene rings is 1. The van der Waals surface area contributed by atoms with E-state index in [4.69, 9.17) is 9.47 Å². The Labute approximate surface area is 127 Å². The van der Waals surface area contributed by atoms with Crippen molar-refractivity contribution in [3.63, 3.8) is 0 Å². The Kier molecular flexibility index (Phi) is 6.79. The topological polar surface area (TPSA) is 47.6 Å². The first kappa shape index (κ1) is 17.1. The SMILES string of the molecule is C/C=C/c1ccc(OCC(=O)NC(C)C(C)C)c(OC)c1. The molecule has 0 aliphatic heterocycles. The highest BCUT2D eigenvalue weighted by atomic mass is 16.5. The second-order valence-electron chi connectivity index (χ2n) is 5.30. The predicted octanol–water partition coefficient (Wildman–Crippen LogP) is 3.27. The van der Waals surface area contributed by atoms with Crippen molar-refractivity contribution >= 4 is 12.0 Å². The van der Waals surface area contributed by atoms with Crippen LogP contribution < -0.4 is 14.8 Å². The van der Waals surface area contributed by atoms with Gasteiger partial charge in [-0.1, -0.05) is 32.1 Å². The summed E-state index contributed by atoms with van der Waals surface area (Å²) in [5.41, 5.74) is 1.03. The van der Waals surface area contributed by atoms with Gasteiger partial charge in [0, 0.05) is 6.04 Å². The van der Waals surface area contributed by atoms with Crippen LogP contribution in [0.3, 0.4) is 0 Å². The van der Waals surface area contributed by atoms with Gasteiger partial charge in [-0.3, -0.25) is 4.79 Å². The minimum atomic E-state index is -0.129. The third kappa shape index (κ3) is 5.50. The lowest BCUT2D eigenvalue weighted by atomic mass is 10.1. The third-order valence-corrected chi connectivity index (χ3v) is 3.29. The highest BCUT2D eigenvalue weighted by Crippen LogP contribution is 2.28. The summed E-state index contributed by atoms with van der Waals surface area (Å²) in [5, 5.41) is 2.90. The van der Waals surface area contributed by atoms with E-state index < -0.39 is 0 Å². The van der Waals surface area contributed by atoms with E-state index in [2.05, 4.69) is 19.2 Å². The molecule has 1 amide bonds. The standard InChI is InChI=1S/C17H25NO3/c1-6-7-14-8-9-15(16(10-14)20-5)21-11-17(19)18-13(4)12(2)3/h6-10,12-13H,11H2,1-5H3,(H,18,19)/b7-6+. The van der Waals surface area contributed by atoms with Crippen molar-refractivity contribution in [3.05, 3.63) is 29.8 Å². The summed E-state index contributed by atoms with van der Waals surface area (Å²) in [6, 6.07) is 5.74. The first-order valence-corrected chi connectivity index (χ1v) is 7.20. The molecule has 0 saturated heterocycles. The van der Waals surface area contributed by atoms with Crippen LogP contribution in [-0.4, -0.2) is 25.7 Å². The molecular weight excluding hydrogens is 266 g/mol. The van der Waals surface area contributed by atoms with Crippen LogP contribution in [0.15, 0.2) is 24.3 Å². The second kappa shape index (κ2) is 8.35. The Hall–Kier alpha value is -1.97. The van der Waals surface area contributed by atoms with E-state index in [1.54, 1.807) is 7.11 Å². The van der Waals surface area contributed by atoms with Crippen molar-refractivity contribution in [2.75, 3.05) is 13.7 Å². The zero-order valence-electron chi connectivity index (χ0n) is 13.5. The molecular formula is C17H25NO3. The van der Waals surface area contributed by atoms with Crippen molar-refractivity contribution in [2.24, 2.45) is 5.92 Å². The molecule has 4 nitrogen and oxygen atoms in total. The number of nitrogens with one attached hydrogen (secondary N) is 1. The Bertz CT molecular complexity index is 495. The molecule has 0 saturated carbocycles. The summed E-state index contributed by atoms with van der Waals surface area (Å²) >= 11 is 0. The molecule has 1 rings (SSSR count). The van der Waals surface area contributed by atoms with Gasteiger partial charge in [-0.05, 0) is 37.5 Å². The number of amides is 1. The van der Waals surface area contributed by atoms with Gasteiger partial charge < -0.3 is 14.8 Å². The van der Waals surface area contributed by atoms with Crippen molar-refractivity contribution < 1.29 is 14.3 Å². The first-order chi connectivity index (χ1) is 9.97. The van der Waals surface area contributed by atoms with E-state index in [0.29, 0.717) is 17.4 Å². The normalized spacial score (nSPS) is 12.5. The Balaban J connectivity index is 2.64. The van der Waals surface area contributed by atoms with E-state index in [-0.39, 0.29) is 18.6 Å². The zero-order valence-corrected chi connectivity index (χ0v) is 13.5. The lowest BCUT2D eigenvalue weighted by Crippen LogP contribution is -2.38. The van der Waals surface area contributed by atoms with Gasteiger partial charge in [0.05, 0.1) is 7.11 Å². The van der Waals surface area contributed by atoms with Gasteiger partial charge in [0.2, 0.25) is 0 Å². The van der Waals surface area contributed by atoms with E-state index >= 15 is 0 Å². The van der Waals surface area contributed by atoms with Crippen LogP contribution in [-0.2, 0) is 4.79 Å². The molecule has 0 radical (unpaired) electrons. The van der Waals surface area contributed by atoms with Gasteiger partial charge in [-0.15, -0.1) is 0 Å². The maximum absolute atomic E-state index is 11.8. The second-order valence-corrected chi connectivity index (χ2v) is 5.30. The van der Waals surface area contributed by atoms with Gasteiger partial charge in [-0.2, -0.15) is 0 Å². The molecule has 0 bridgehead atoms. The third-order valence-electron chi connectivity index (χ3n) is 3.29. The number of methoxy groups -OCH3 is 1. The molecule has 21 heavy (non-hydrogen) atoms. The van der Waals surface area contributed by atoms with E-state index in [9.17, 15) is 4.79 Å². The molecule has 4 heteroatoms. The molecule has 0 spiro atoms. The summed E-state index contributed by atoms with van der Waals surface area (Å²) in [7, 11) is 1.59. The molecule has 0 aliphatic carbocycles. The first-order valence-electron chi connectivity index (χ1n) is 7.20. The van der Waals surface area contributed by atoms with Gasteiger partial charge in [0.15, 0.2) is 18.1 Å². The molecule has 0 heterocycles. The van der Waals surface area contributed by atoms with Crippen LogP contribution >= 0.6 is 0 Å². The molecule has 1 aromatic rings. The maximum atomic E-state index is 11.8. The molecule has 1 N–H and O–H groups in total. The van der Waals surface area contributed by atoms with Gasteiger partial charge in [0.1, 0.15) is 0 Å². The summed E-state index contributed by atoms with van der Waals surface area (Å²) in [6.45, 7) is 8.05. The van der Waals surface area contributed by atoms with E-state index in [1.807, 2.05) is 44.2 Å². The van der Waals surface area contributed by atoms with Crippen LogP contribution in [0.25, 0.3) is 6.08 Å². The van der Waals surface area contributed by atoms with Crippen LogP contribution in [0.1, 0.15) is 33.3 Å². The monoisotopic (exact) mass is 291 g/mol. The number of carbonyl (C=O) groups is 1. The summed E-state index contributed by atoms with van der Waals surface area (Å²) in [4.78, 5) is 11.8. The molecule has 1 aromatic carbocycles. The van der Waals surface area contributed by atoms with Crippen LogP contribution in [0.4, 0.5) is 0 Å². The molecule has 1 unspecified atom stereocenters. The van der Waals surface area contributed by atoms with Crippen molar-refractivity contribution in [1.82, 2.24) is 5.32 Å². The average Bonchev–Trinajstić information content (AvgIpc) is 2.45. The van der Waals surface area contributed by atoms with Crippen molar-refractivity contribution in [3.8, 4) is 11.5 Å².